The molecule has 0 fully saturated rings. The van der Waals surface area contributed by atoms with Crippen molar-refractivity contribution in [3.8, 4) is 0 Å². The van der Waals surface area contributed by atoms with E-state index in [1.165, 1.54) is 0 Å². The van der Waals surface area contributed by atoms with E-state index in [9.17, 15) is 10.1 Å². The summed E-state index contributed by atoms with van der Waals surface area (Å²) in [6, 6.07) is 5.04. The van der Waals surface area contributed by atoms with Crippen LogP contribution >= 0.6 is 11.6 Å². The van der Waals surface area contributed by atoms with Crippen molar-refractivity contribution in [1.29, 1.82) is 0 Å². The minimum Gasteiger partial charge on any atom is -0.308 e. The first-order chi connectivity index (χ1) is 9.79. The Morgan fingerprint density at radius 3 is 2.48 bits per heavy atom. The average Bonchev–Trinajstić information content (AvgIpc) is 2.37. The molecular formula is C15H24ClN3O2. The number of benzene rings is 1. The van der Waals surface area contributed by atoms with E-state index in [0.29, 0.717) is 12.5 Å². The number of nitrogens with zero attached hydrogens (tertiary/aromatic N) is 3. The fraction of sp³-hybridized carbons (Fsp3) is 0.600. The third kappa shape index (κ3) is 6.42. The molecule has 0 saturated carbocycles. The lowest BCUT2D eigenvalue weighted by Crippen LogP contribution is -2.34. The number of rotatable bonds is 8. The monoisotopic (exact) mass is 313 g/mol. The van der Waals surface area contributed by atoms with E-state index in [2.05, 4.69) is 23.6 Å². The van der Waals surface area contributed by atoms with E-state index < -0.39 is 4.92 Å². The van der Waals surface area contributed by atoms with E-state index in [-0.39, 0.29) is 10.7 Å². The molecule has 0 aliphatic heterocycles. The second-order valence-corrected chi connectivity index (χ2v) is 6.38. The Balaban J connectivity index is 2.82. The summed E-state index contributed by atoms with van der Waals surface area (Å²) < 4.78 is 0. The summed E-state index contributed by atoms with van der Waals surface area (Å²) in [5, 5.41) is 11.1. The van der Waals surface area contributed by atoms with Gasteiger partial charge in [0.2, 0.25) is 0 Å². The SMILES string of the molecule is CC(C)CN(CCN(C)C)Cc1ccc(Cl)c([N+](=O)[O-])c1. The molecule has 0 spiro atoms. The van der Waals surface area contributed by atoms with Crippen LogP contribution in [0.15, 0.2) is 18.2 Å². The van der Waals surface area contributed by atoms with Crippen LogP contribution in [0.5, 0.6) is 0 Å². The van der Waals surface area contributed by atoms with Crippen molar-refractivity contribution in [3.05, 3.63) is 38.9 Å². The minimum absolute atomic E-state index is 0.0220. The Morgan fingerprint density at radius 2 is 1.95 bits per heavy atom. The highest BCUT2D eigenvalue weighted by Gasteiger charge is 2.15. The normalized spacial score (nSPS) is 11.6. The van der Waals surface area contributed by atoms with Crippen LogP contribution < -0.4 is 0 Å². The van der Waals surface area contributed by atoms with Crippen molar-refractivity contribution >= 4 is 17.3 Å². The fourth-order valence-electron chi connectivity index (χ4n) is 2.15. The lowest BCUT2D eigenvalue weighted by Gasteiger charge is -2.25. The average molecular weight is 314 g/mol. The van der Waals surface area contributed by atoms with Crippen molar-refractivity contribution in [2.75, 3.05) is 33.7 Å². The summed E-state index contributed by atoms with van der Waals surface area (Å²) in [7, 11) is 4.08. The lowest BCUT2D eigenvalue weighted by molar-refractivity contribution is -0.384. The van der Waals surface area contributed by atoms with Gasteiger partial charge in [0.25, 0.3) is 5.69 Å². The zero-order valence-electron chi connectivity index (χ0n) is 13.2. The highest BCUT2D eigenvalue weighted by atomic mass is 35.5. The molecule has 21 heavy (non-hydrogen) atoms. The molecule has 6 heteroatoms. The minimum atomic E-state index is -0.432. The third-order valence-corrected chi connectivity index (χ3v) is 3.42. The van der Waals surface area contributed by atoms with Crippen molar-refractivity contribution in [3.63, 3.8) is 0 Å². The number of hydrogen-bond donors (Lipinski definition) is 0. The van der Waals surface area contributed by atoms with Crippen molar-refractivity contribution in [2.45, 2.75) is 20.4 Å². The number of halogens is 1. The van der Waals surface area contributed by atoms with Crippen molar-refractivity contribution in [1.82, 2.24) is 9.80 Å². The summed E-state index contributed by atoms with van der Waals surface area (Å²) in [5.41, 5.74) is 0.900. The van der Waals surface area contributed by atoms with Gasteiger partial charge in [0.15, 0.2) is 0 Å². The zero-order valence-corrected chi connectivity index (χ0v) is 13.9. The van der Waals surface area contributed by atoms with Gasteiger partial charge in [-0.15, -0.1) is 0 Å². The van der Waals surface area contributed by atoms with E-state index in [0.717, 1.165) is 25.2 Å². The molecule has 0 heterocycles. The summed E-state index contributed by atoms with van der Waals surface area (Å²) in [5.74, 6) is 0.550. The Labute approximate surface area is 131 Å². The number of hydrogen-bond acceptors (Lipinski definition) is 4. The fourth-order valence-corrected chi connectivity index (χ4v) is 2.33. The number of nitro groups is 1. The maximum absolute atomic E-state index is 11.0. The van der Waals surface area contributed by atoms with E-state index in [1.807, 2.05) is 20.2 Å². The first kappa shape index (κ1) is 17.9. The standard InChI is InChI=1S/C15H24ClN3O2/c1-12(2)10-18(8-7-17(3)4)11-13-5-6-14(16)15(9-13)19(20)21/h5-6,9,12H,7-8,10-11H2,1-4H3. The van der Waals surface area contributed by atoms with Crippen LogP contribution in [0.4, 0.5) is 5.69 Å². The van der Waals surface area contributed by atoms with Gasteiger partial charge in [-0.1, -0.05) is 31.5 Å². The summed E-state index contributed by atoms with van der Waals surface area (Å²) in [6.45, 7) is 7.90. The van der Waals surface area contributed by atoms with Gasteiger partial charge in [-0.05, 0) is 31.6 Å². The van der Waals surface area contributed by atoms with Gasteiger partial charge in [-0.25, -0.2) is 0 Å². The van der Waals surface area contributed by atoms with Gasteiger partial charge >= 0.3 is 0 Å². The van der Waals surface area contributed by atoms with Crippen molar-refractivity contribution in [2.24, 2.45) is 5.92 Å². The molecule has 0 bridgehead atoms. The predicted octanol–water partition coefficient (Wildman–Crippen LogP) is 3.27. The molecule has 0 atom stereocenters. The van der Waals surface area contributed by atoms with Gasteiger partial charge in [0, 0.05) is 32.2 Å². The van der Waals surface area contributed by atoms with Gasteiger partial charge < -0.3 is 4.90 Å². The Bertz CT molecular complexity index is 478. The third-order valence-electron chi connectivity index (χ3n) is 3.10. The maximum Gasteiger partial charge on any atom is 0.288 e. The van der Waals surface area contributed by atoms with Gasteiger partial charge in [-0.3, -0.25) is 15.0 Å². The molecule has 0 aliphatic rings. The van der Waals surface area contributed by atoms with Gasteiger partial charge in [0.05, 0.1) is 4.92 Å². The number of nitro benzene ring substituents is 1. The maximum atomic E-state index is 11.0. The molecule has 1 aromatic rings. The molecule has 0 saturated heterocycles. The molecule has 0 aliphatic carbocycles. The van der Waals surface area contributed by atoms with Crippen LogP contribution in [-0.2, 0) is 6.54 Å². The van der Waals surface area contributed by atoms with E-state index in [4.69, 9.17) is 11.6 Å². The Morgan fingerprint density at radius 1 is 1.29 bits per heavy atom. The second kappa shape index (κ2) is 8.32. The van der Waals surface area contributed by atoms with Crippen LogP contribution in [0.25, 0.3) is 0 Å². The molecule has 0 radical (unpaired) electrons. The molecule has 0 amide bonds. The van der Waals surface area contributed by atoms with Crippen LogP contribution in [0.2, 0.25) is 5.02 Å². The zero-order chi connectivity index (χ0) is 16.0. The highest BCUT2D eigenvalue weighted by Crippen LogP contribution is 2.25. The molecule has 0 N–H and O–H groups in total. The van der Waals surface area contributed by atoms with Crippen LogP contribution in [0.1, 0.15) is 19.4 Å². The molecular weight excluding hydrogens is 290 g/mol. The van der Waals surface area contributed by atoms with E-state index >= 15 is 0 Å². The molecule has 0 unspecified atom stereocenters. The van der Waals surface area contributed by atoms with Gasteiger partial charge in [-0.2, -0.15) is 0 Å². The lowest BCUT2D eigenvalue weighted by atomic mass is 10.1. The quantitative estimate of drug-likeness (QED) is 0.546. The largest absolute Gasteiger partial charge is 0.308 e. The van der Waals surface area contributed by atoms with Crippen LogP contribution in [-0.4, -0.2) is 48.5 Å². The summed E-state index contributed by atoms with van der Waals surface area (Å²) in [4.78, 5) is 15.0. The molecule has 0 aromatic heterocycles. The smallest absolute Gasteiger partial charge is 0.288 e. The first-order valence-corrected chi connectivity index (χ1v) is 7.47. The topological polar surface area (TPSA) is 49.6 Å². The number of likely N-dealkylation sites (N-methyl/N-ethyl adjacent to an activating group) is 1. The Kier molecular flexibility index (Phi) is 7.08. The molecule has 1 rings (SSSR count). The van der Waals surface area contributed by atoms with Crippen LogP contribution in [0.3, 0.4) is 0 Å². The first-order valence-electron chi connectivity index (χ1n) is 7.09. The van der Waals surface area contributed by atoms with Gasteiger partial charge in [0.1, 0.15) is 5.02 Å². The highest BCUT2D eigenvalue weighted by molar-refractivity contribution is 6.32. The molecule has 118 valence electrons. The molecule has 1 aromatic carbocycles. The summed E-state index contributed by atoms with van der Waals surface area (Å²) >= 11 is 5.85. The summed E-state index contributed by atoms with van der Waals surface area (Å²) in [6.07, 6.45) is 0. The van der Waals surface area contributed by atoms with Crippen molar-refractivity contribution < 1.29 is 4.92 Å². The predicted molar refractivity (Wildman–Crippen MR) is 86.8 cm³/mol. The second-order valence-electron chi connectivity index (χ2n) is 5.98. The van der Waals surface area contributed by atoms with Crippen LogP contribution in [0, 0.1) is 16.0 Å². The Hall–Kier alpha value is -1.17. The molecule has 5 nitrogen and oxygen atoms in total. The van der Waals surface area contributed by atoms with E-state index in [1.54, 1.807) is 12.1 Å².